The van der Waals surface area contributed by atoms with Crippen LogP contribution in [0, 0.1) is 6.92 Å². The predicted octanol–water partition coefficient (Wildman–Crippen LogP) is 1.41. The first-order valence-corrected chi connectivity index (χ1v) is 9.01. The van der Waals surface area contributed by atoms with Gasteiger partial charge in [0.2, 0.25) is 16.0 Å². The Morgan fingerprint density at radius 3 is 2.50 bits per heavy atom. The highest BCUT2D eigenvalue weighted by Crippen LogP contribution is 2.21. The molecule has 2 aromatic rings. The number of anilines is 1. The third kappa shape index (κ3) is 3.62. The van der Waals surface area contributed by atoms with Crippen LogP contribution < -0.4 is 5.32 Å². The Balaban J connectivity index is 2.36. The van der Waals surface area contributed by atoms with Crippen molar-refractivity contribution < 1.29 is 13.2 Å². The van der Waals surface area contributed by atoms with E-state index < -0.39 is 15.9 Å². The Labute approximate surface area is 141 Å². The summed E-state index contributed by atoms with van der Waals surface area (Å²) in [6, 6.07) is 4.59. The largest absolute Gasteiger partial charge is 0.289 e. The van der Waals surface area contributed by atoms with Crippen molar-refractivity contribution in [3.05, 3.63) is 35.7 Å². The van der Waals surface area contributed by atoms with Crippen molar-refractivity contribution in [2.75, 3.05) is 18.4 Å². The number of nitrogens with zero attached hydrogens (tertiary/aromatic N) is 4. The van der Waals surface area contributed by atoms with E-state index in [1.807, 2.05) is 0 Å². The second-order valence-corrected chi connectivity index (χ2v) is 7.17. The molecule has 1 aromatic heterocycles. The number of sulfonamides is 1. The standard InChI is InChI=1S/C15H21N5O3S/c1-5-20(6-2)24(22,23)13-9-12(8-7-11(13)3)14(21)17-15-16-10-19(4)18-15/h7-10H,5-6H2,1-4H3,(H,17,18,21). The second kappa shape index (κ2) is 7.10. The molecule has 0 aliphatic heterocycles. The highest BCUT2D eigenvalue weighted by Gasteiger charge is 2.24. The molecule has 0 saturated heterocycles. The van der Waals surface area contributed by atoms with Gasteiger partial charge in [0.05, 0.1) is 4.90 Å². The molecule has 0 bridgehead atoms. The summed E-state index contributed by atoms with van der Waals surface area (Å²) in [5.41, 5.74) is 0.827. The van der Waals surface area contributed by atoms with Gasteiger partial charge in [0, 0.05) is 25.7 Å². The van der Waals surface area contributed by atoms with E-state index in [4.69, 9.17) is 0 Å². The molecule has 1 aromatic carbocycles. The van der Waals surface area contributed by atoms with Crippen LogP contribution in [0.15, 0.2) is 29.4 Å². The molecule has 0 saturated carbocycles. The van der Waals surface area contributed by atoms with Crippen LogP contribution in [0.3, 0.4) is 0 Å². The number of amides is 1. The number of hydrogen-bond donors (Lipinski definition) is 1. The van der Waals surface area contributed by atoms with Crippen LogP contribution >= 0.6 is 0 Å². The summed E-state index contributed by atoms with van der Waals surface area (Å²) >= 11 is 0. The van der Waals surface area contributed by atoms with E-state index >= 15 is 0 Å². The van der Waals surface area contributed by atoms with Gasteiger partial charge < -0.3 is 0 Å². The van der Waals surface area contributed by atoms with E-state index in [0.717, 1.165) is 0 Å². The smallest absolute Gasteiger partial charge is 0.258 e. The fraction of sp³-hybridized carbons (Fsp3) is 0.400. The van der Waals surface area contributed by atoms with Gasteiger partial charge in [0.1, 0.15) is 6.33 Å². The first kappa shape index (κ1) is 18.1. The van der Waals surface area contributed by atoms with Crippen molar-refractivity contribution in [1.29, 1.82) is 0 Å². The number of rotatable bonds is 6. The molecular weight excluding hydrogens is 330 g/mol. The van der Waals surface area contributed by atoms with E-state index in [1.165, 1.54) is 21.4 Å². The molecule has 0 atom stereocenters. The maximum absolute atomic E-state index is 12.7. The first-order chi connectivity index (χ1) is 11.3. The average Bonchev–Trinajstić information content (AvgIpc) is 2.93. The lowest BCUT2D eigenvalue weighted by Crippen LogP contribution is -2.31. The summed E-state index contributed by atoms with van der Waals surface area (Å²) < 4.78 is 28.3. The first-order valence-electron chi connectivity index (χ1n) is 7.57. The van der Waals surface area contributed by atoms with E-state index in [2.05, 4.69) is 15.4 Å². The number of carbonyl (C=O) groups excluding carboxylic acids is 1. The van der Waals surface area contributed by atoms with Gasteiger partial charge >= 0.3 is 0 Å². The zero-order valence-corrected chi connectivity index (χ0v) is 15.0. The molecule has 130 valence electrons. The van der Waals surface area contributed by atoms with Crippen molar-refractivity contribution in [3.8, 4) is 0 Å². The van der Waals surface area contributed by atoms with Crippen LogP contribution in [0.5, 0.6) is 0 Å². The maximum atomic E-state index is 12.7. The zero-order chi connectivity index (χ0) is 17.9. The molecule has 8 nitrogen and oxygen atoms in total. The number of aryl methyl sites for hydroxylation is 2. The summed E-state index contributed by atoms with van der Waals surface area (Å²) in [4.78, 5) is 16.4. The molecule has 0 spiro atoms. The number of nitrogens with one attached hydrogen (secondary N) is 1. The summed E-state index contributed by atoms with van der Waals surface area (Å²) in [5.74, 6) is -0.298. The quantitative estimate of drug-likeness (QED) is 0.848. The summed E-state index contributed by atoms with van der Waals surface area (Å²) in [6.07, 6.45) is 1.46. The summed E-state index contributed by atoms with van der Waals surface area (Å²) in [6.45, 7) is 6.00. The van der Waals surface area contributed by atoms with E-state index in [-0.39, 0.29) is 16.4 Å². The van der Waals surface area contributed by atoms with Crippen molar-refractivity contribution >= 4 is 21.9 Å². The molecule has 1 heterocycles. The number of benzene rings is 1. The van der Waals surface area contributed by atoms with Gasteiger partial charge in [0.25, 0.3) is 5.91 Å². The Hall–Kier alpha value is -2.26. The Bertz CT molecular complexity index is 841. The van der Waals surface area contributed by atoms with Crippen LogP contribution in [-0.4, -0.2) is 46.5 Å². The number of aromatic nitrogens is 3. The van der Waals surface area contributed by atoms with Crippen LogP contribution in [0.25, 0.3) is 0 Å². The van der Waals surface area contributed by atoms with E-state index in [0.29, 0.717) is 18.7 Å². The normalized spacial score (nSPS) is 11.7. The van der Waals surface area contributed by atoms with Crippen LogP contribution in [0.2, 0.25) is 0 Å². The third-order valence-electron chi connectivity index (χ3n) is 3.60. The SMILES string of the molecule is CCN(CC)S(=O)(=O)c1cc(C(=O)Nc2ncn(C)n2)ccc1C. The van der Waals surface area contributed by atoms with Crippen molar-refractivity contribution in [1.82, 2.24) is 19.1 Å². The second-order valence-electron chi connectivity index (χ2n) is 5.27. The molecule has 0 fully saturated rings. The van der Waals surface area contributed by atoms with Crippen molar-refractivity contribution in [2.24, 2.45) is 7.05 Å². The van der Waals surface area contributed by atoms with E-state index in [1.54, 1.807) is 40.0 Å². The minimum Gasteiger partial charge on any atom is -0.289 e. The molecule has 0 aliphatic carbocycles. The number of hydrogen-bond acceptors (Lipinski definition) is 5. The van der Waals surface area contributed by atoms with Gasteiger partial charge in [-0.1, -0.05) is 19.9 Å². The minimum atomic E-state index is -3.64. The van der Waals surface area contributed by atoms with Gasteiger partial charge in [-0.2, -0.15) is 4.31 Å². The highest BCUT2D eigenvalue weighted by molar-refractivity contribution is 7.89. The Morgan fingerprint density at radius 2 is 1.96 bits per heavy atom. The van der Waals surface area contributed by atoms with Gasteiger partial charge in [-0.25, -0.2) is 13.4 Å². The van der Waals surface area contributed by atoms with Crippen LogP contribution in [-0.2, 0) is 17.1 Å². The molecule has 0 radical (unpaired) electrons. The third-order valence-corrected chi connectivity index (χ3v) is 5.79. The van der Waals surface area contributed by atoms with Crippen molar-refractivity contribution in [3.63, 3.8) is 0 Å². The number of carbonyl (C=O) groups is 1. The lowest BCUT2D eigenvalue weighted by molar-refractivity contribution is 0.102. The lowest BCUT2D eigenvalue weighted by atomic mass is 10.1. The molecule has 0 aliphatic rings. The lowest BCUT2D eigenvalue weighted by Gasteiger charge is -2.20. The minimum absolute atomic E-state index is 0.132. The van der Waals surface area contributed by atoms with Gasteiger partial charge in [0.15, 0.2) is 0 Å². The molecule has 1 N–H and O–H groups in total. The van der Waals surface area contributed by atoms with Crippen molar-refractivity contribution in [2.45, 2.75) is 25.7 Å². The van der Waals surface area contributed by atoms with Gasteiger partial charge in [-0.15, -0.1) is 5.10 Å². The van der Waals surface area contributed by atoms with Gasteiger partial charge in [-0.3, -0.25) is 14.8 Å². The summed E-state index contributed by atoms with van der Waals surface area (Å²) in [5, 5.41) is 6.51. The monoisotopic (exact) mass is 351 g/mol. The summed E-state index contributed by atoms with van der Waals surface area (Å²) in [7, 11) is -1.95. The van der Waals surface area contributed by atoms with Crippen LogP contribution in [0.4, 0.5) is 5.95 Å². The molecular formula is C15H21N5O3S. The topological polar surface area (TPSA) is 97.2 Å². The fourth-order valence-electron chi connectivity index (χ4n) is 2.29. The highest BCUT2D eigenvalue weighted by atomic mass is 32.2. The fourth-order valence-corrected chi connectivity index (χ4v) is 4.00. The molecule has 2 rings (SSSR count). The van der Waals surface area contributed by atoms with Crippen LogP contribution in [0.1, 0.15) is 29.8 Å². The van der Waals surface area contributed by atoms with E-state index in [9.17, 15) is 13.2 Å². The maximum Gasteiger partial charge on any atom is 0.258 e. The van der Waals surface area contributed by atoms with Gasteiger partial charge in [-0.05, 0) is 24.6 Å². The zero-order valence-electron chi connectivity index (χ0n) is 14.1. The predicted molar refractivity (Wildman–Crippen MR) is 90.2 cm³/mol. The average molecular weight is 351 g/mol. The Kier molecular flexibility index (Phi) is 5.35. The molecule has 24 heavy (non-hydrogen) atoms. The molecule has 0 unspecified atom stereocenters. The Morgan fingerprint density at radius 1 is 1.29 bits per heavy atom. The molecule has 1 amide bonds. The molecule has 9 heteroatoms.